The molecular formula is C17H14F3N3. The van der Waals surface area contributed by atoms with Gasteiger partial charge >= 0.3 is 0 Å². The minimum absolute atomic E-state index is 0.0429. The van der Waals surface area contributed by atoms with Gasteiger partial charge in [0.2, 0.25) is 0 Å². The number of nitrogens with zero attached hydrogens (tertiary/aromatic N) is 2. The molecule has 1 aliphatic rings. The van der Waals surface area contributed by atoms with E-state index in [4.69, 9.17) is 0 Å². The Morgan fingerprint density at radius 2 is 1.83 bits per heavy atom. The Labute approximate surface area is 131 Å². The average Bonchev–Trinajstić information content (AvgIpc) is 3.05. The molecule has 1 N–H and O–H groups in total. The first kappa shape index (κ1) is 15.3. The van der Waals surface area contributed by atoms with E-state index in [1.807, 2.05) is 30.3 Å². The van der Waals surface area contributed by atoms with Crippen molar-refractivity contribution < 1.29 is 13.2 Å². The summed E-state index contributed by atoms with van der Waals surface area (Å²) >= 11 is 0. The van der Waals surface area contributed by atoms with Gasteiger partial charge in [0.1, 0.15) is 11.5 Å². The van der Waals surface area contributed by atoms with Gasteiger partial charge in [-0.2, -0.15) is 10.2 Å². The van der Waals surface area contributed by atoms with Crippen LogP contribution in [0.25, 0.3) is 0 Å². The molecule has 0 fully saturated rings. The summed E-state index contributed by atoms with van der Waals surface area (Å²) in [5.41, 5.74) is 1.94. The number of halogens is 3. The highest BCUT2D eigenvalue weighted by atomic mass is 19.3. The van der Waals surface area contributed by atoms with E-state index < -0.39 is 12.2 Å². The maximum absolute atomic E-state index is 14.2. The predicted octanol–water partition coefficient (Wildman–Crippen LogP) is 4.25. The van der Waals surface area contributed by atoms with Crippen molar-refractivity contribution in [3.63, 3.8) is 0 Å². The molecule has 6 heteroatoms. The van der Waals surface area contributed by atoms with Crippen molar-refractivity contribution in [3.8, 4) is 0 Å². The number of rotatable bonds is 5. The Kier molecular flexibility index (Phi) is 4.41. The van der Waals surface area contributed by atoms with E-state index in [0.717, 1.165) is 5.69 Å². The van der Waals surface area contributed by atoms with Crippen LogP contribution in [0.3, 0.4) is 0 Å². The van der Waals surface area contributed by atoms with Gasteiger partial charge < -0.3 is 5.32 Å². The molecule has 0 radical (unpaired) electrons. The van der Waals surface area contributed by atoms with Crippen LogP contribution in [-0.4, -0.2) is 17.8 Å². The molecule has 0 aromatic heterocycles. The normalized spacial score (nSPS) is 13.9. The molecule has 3 nitrogen and oxygen atoms in total. The van der Waals surface area contributed by atoms with Crippen molar-refractivity contribution >= 4 is 17.1 Å². The van der Waals surface area contributed by atoms with Gasteiger partial charge in [0, 0.05) is 29.8 Å². The topological polar surface area (TPSA) is 36.8 Å². The highest BCUT2D eigenvalue weighted by Gasteiger charge is 2.22. The zero-order valence-corrected chi connectivity index (χ0v) is 12.1. The number of para-hydroxylation sites is 1. The second kappa shape index (κ2) is 6.64. The first-order valence-corrected chi connectivity index (χ1v) is 7.12. The highest BCUT2D eigenvalue weighted by Crippen LogP contribution is 2.19. The molecule has 0 unspecified atom stereocenters. The number of alkyl halides is 2. The summed E-state index contributed by atoms with van der Waals surface area (Å²) in [5, 5.41) is 10.3. The molecule has 23 heavy (non-hydrogen) atoms. The van der Waals surface area contributed by atoms with Gasteiger partial charge in [-0.3, -0.25) is 0 Å². The summed E-state index contributed by atoms with van der Waals surface area (Å²) in [6.07, 6.45) is -2.67. The van der Waals surface area contributed by atoms with Gasteiger partial charge in [0.25, 0.3) is 6.43 Å². The van der Waals surface area contributed by atoms with Crippen molar-refractivity contribution in [3.05, 3.63) is 65.5 Å². The Balaban J connectivity index is 1.67. The summed E-state index contributed by atoms with van der Waals surface area (Å²) < 4.78 is 39.3. The average molecular weight is 317 g/mol. The number of nitrogens with one attached hydrogen (secondary N) is 1. The van der Waals surface area contributed by atoms with E-state index in [9.17, 15) is 13.2 Å². The molecule has 2 aromatic carbocycles. The molecule has 0 saturated heterocycles. The van der Waals surface area contributed by atoms with E-state index in [0.29, 0.717) is 23.4 Å². The van der Waals surface area contributed by atoms with Crippen LogP contribution in [-0.2, 0) is 6.54 Å². The van der Waals surface area contributed by atoms with Crippen molar-refractivity contribution in [2.24, 2.45) is 10.2 Å². The predicted molar refractivity (Wildman–Crippen MR) is 84.8 cm³/mol. The lowest BCUT2D eigenvalue weighted by atomic mass is 10.0. The minimum Gasteiger partial charge on any atom is -0.381 e. The van der Waals surface area contributed by atoms with Crippen LogP contribution in [0, 0.1) is 5.82 Å². The van der Waals surface area contributed by atoms with Gasteiger partial charge in [-0.25, -0.2) is 13.2 Å². The van der Waals surface area contributed by atoms with Crippen molar-refractivity contribution in [1.29, 1.82) is 0 Å². The Bertz CT molecular complexity index is 755. The molecule has 0 aliphatic carbocycles. The van der Waals surface area contributed by atoms with Crippen LogP contribution >= 0.6 is 0 Å². The fraction of sp³-hybridized carbons (Fsp3) is 0.176. The lowest BCUT2D eigenvalue weighted by Crippen LogP contribution is -2.12. The molecule has 0 saturated carbocycles. The monoisotopic (exact) mass is 317 g/mol. The van der Waals surface area contributed by atoms with Crippen LogP contribution in [0.1, 0.15) is 17.5 Å². The summed E-state index contributed by atoms with van der Waals surface area (Å²) in [7, 11) is 0. The molecule has 0 atom stereocenters. The summed E-state index contributed by atoms with van der Waals surface area (Å²) in [6.45, 7) is 0.335. The van der Waals surface area contributed by atoms with Crippen LogP contribution < -0.4 is 5.32 Å². The third-order valence-corrected chi connectivity index (χ3v) is 3.54. The van der Waals surface area contributed by atoms with E-state index in [2.05, 4.69) is 15.5 Å². The fourth-order valence-electron chi connectivity index (χ4n) is 2.27. The summed E-state index contributed by atoms with van der Waals surface area (Å²) in [6, 6.07) is 14.1. The van der Waals surface area contributed by atoms with Crippen molar-refractivity contribution in [2.45, 2.75) is 19.4 Å². The number of hydrogen-bond donors (Lipinski definition) is 1. The SMILES string of the molecule is Fc1cc(C2=NN=C(C(F)F)C2)ccc1CNc1ccccc1. The summed E-state index contributed by atoms with van der Waals surface area (Å²) in [5.74, 6) is -0.404. The zero-order valence-electron chi connectivity index (χ0n) is 12.1. The molecule has 0 amide bonds. The van der Waals surface area contributed by atoms with E-state index >= 15 is 0 Å². The lowest BCUT2D eigenvalue weighted by molar-refractivity contribution is 0.224. The molecule has 0 bridgehead atoms. The van der Waals surface area contributed by atoms with Gasteiger partial charge in [-0.1, -0.05) is 30.3 Å². The largest absolute Gasteiger partial charge is 0.381 e. The van der Waals surface area contributed by atoms with Crippen LogP contribution in [0.5, 0.6) is 0 Å². The van der Waals surface area contributed by atoms with E-state index in [1.54, 1.807) is 12.1 Å². The first-order valence-electron chi connectivity index (χ1n) is 7.12. The third kappa shape index (κ3) is 3.59. The first-order chi connectivity index (χ1) is 11.1. The molecule has 1 heterocycles. The third-order valence-electron chi connectivity index (χ3n) is 3.54. The van der Waals surface area contributed by atoms with Gasteiger partial charge in [0.05, 0.1) is 5.71 Å². The number of benzene rings is 2. The van der Waals surface area contributed by atoms with E-state index in [1.165, 1.54) is 6.07 Å². The number of hydrogen-bond acceptors (Lipinski definition) is 3. The Morgan fingerprint density at radius 3 is 2.48 bits per heavy atom. The quantitative estimate of drug-likeness (QED) is 0.879. The van der Waals surface area contributed by atoms with Gasteiger partial charge in [0.15, 0.2) is 0 Å². The van der Waals surface area contributed by atoms with Crippen molar-refractivity contribution in [2.75, 3.05) is 5.32 Å². The number of anilines is 1. The van der Waals surface area contributed by atoms with Gasteiger partial charge in [-0.15, -0.1) is 0 Å². The zero-order chi connectivity index (χ0) is 16.2. The molecule has 118 valence electrons. The van der Waals surface area contributed by atoms with Crippen LogP contribution in [0.4, 0.5) is 18.9 Å². The maximum atomic E-state index is 14.2. The Morgan fingerprint density at radius 1 is 1.04 bits per heavy atom. The standard InChI is InChI=1S/C17H14F3N3/c18-14-8-11(15-9-16(17(19)20)23-22-15)6-7-12(14)10-21-13-4-2-1-3-5-13/h1-8,17,21H,9-10H2. The molecule has 1 aliphatic heterocycles. The second-order valence-corrected chi connectivity index (χ2v) is 5.14. The second-order valence-electron chi connectivity index (χ2n) is 5.14. The molecule has 3 rings (SSSR count). The fourth-order valence-corrected chi connectivity index (χ4v) is 2.27. The van der Waals surface area contributed by atoms with Crippen LogP contribution in [0.15, 0.2) is 58.7 Å². The lowest BCUT2D eigenvalue weighted by Gasteiger charge is -2.09. The van der Waals surface area contributed by atoms with Gasteiger partial charge in [-0.05, 0) is 18.2 Å². The summed E-state index contributed by atoms with van der Waals surface area (Å²) in [4.78, 5) is 0. The molecule has 2 aromatic rings. The highest BCUT2D eigenvalue weighted by molar-refractivity contribution is 6.15. The van der Waals surface area contributed by atoms with E-state index in [-0.39, 0.29) is 12.1 Å². The Hall–Kier alpha value is -2.63. The minimum atomic E-state index is -2.63. The molecule has 0 spiro atoms. The maximum Gasteiger partial charge on any atom is 0.278 e. The van der Waals surface area contributed by atoms with Crippen LogP contribution in [0.2, 0.25) is 0 Å². The van der Waals surface area contributed by atoms with Crippen molar-refractivity contribution in [1.82, 2.24) is 0 Å². The smallest absolute Gasteiger partial charge is 0.278 e. The molecular weight excluding hydrogens is 303 g/mol.